The minimum Gasteiger partial charge on any atom is -0.497 e. The Morgan fingerprint density at radius 1 is 0.725 bits per heavy atom. The molecule has 2 N–H and O–H groups in total. The number of nitrogens with one attached hydrogen (secondary N) is 2. The number of para-hydroxylation sites is 1. The predicted molar refractivity (Wildman–Crippen MR) is 153 cm³/mol. The van der Waals surface area contributed by atoms with Crippen molar-refractivity contribution in [1.29, 1.82) is 0 Å². The lowest BCUT2D eigenvalue weighted by Gasteiger charge is -2.26. The summed E-state index contributed by atoms with van der Waals surface area (Å²) in [6.07, 6.45) is 0. The van der Waals surface area contributed by atoms with Gasteiger partial charge in [0.2, 0.25) is 5.91 Å². The number of anilines is 3. The molecule has 0 fully saturated rings. The summed E-state index contributed by atoms with van der Waals surface area (Å²) in [7, 11) is -5.23. The van der Waals surface area contributed by atoms with E-state index in [0.29, 0.717) is 11.4 Å². The van der Waals surface area contributed by atoms with E-state index in [-0.39, 0.29) is 26.9 Å². The van der Waals surface area contributed by atoms with Crippen LogP contribution in [0, 0.1) is 0 Å². The molecule has 40 heavy (non-hydrogen) atoms. The first-order chi connectivity index (χ1) is 19.1. The molecule has 0 aliphatic rings. The molecule has 0 unspecified atom stereocenters. The van der Waals surface area contributed by atoms with Gasteiger partial charge in [-0.2, -0.15) is 0 Å². The first-order valence-corrected chi connectivity index (χ1v) is 14.8. The Labute approximate surface area is 233 Å². The van der Waals surface area contributed by atoms with Crippen LogP contribution < -0.4 is 23.8 Å². The van der Waals surface area contributed by atoms with Gasteiger partial charge in [0.25, 0.3) is 20.0 Å². The first kappa shape index (κ1) is 28.5. The van der Waals surface area contributed by atoms with Crippen molar-refractivity contribution in [2.24, 2.45) is 0 Å². The van der Waals surface area contributed by atoms with Crippen molar-refractivity contribution in [3.63, 3.8) is 0 Å². The van der Waals surface area contributed by atoms with Gasteiger partial charge in [-0.3, -0.25) is 13.8 Å². The summed E-state index contributed by atoms with van der Waals surface area (Å²) in [5.41, 5.74) is 0.792. The molecule has 1 amide bonds. The van der Waals surface area contributed by atoms with Gasteiger partial charge >= 0.3 is 0 Å². The van der Waals surface area contributed by atoms with Gasteiger partial charge in [-0.15, -0.1) is 0 Å². The third kappa shape index (κ3) is 6.53. The largest absolute Gasteiger partial charge is 0.497 e. The molecular weight excluding hydrogens is 554 g/mol. The van der Waals surface area contributed by atoms with Crippen LogP contribution in [0.25, 0.3) is 0 Å². The fourth-order valence-electron chi connectivity index (χ4n) is 3.78. The summed E-state index contributed by atoms with van der Waals surface area (Å²) in [6.45, 7) is -0.601. The number of rotatable bonds is 11. The summed E-state index contributed by atoms with van der Waals surface area (Å²) in [6, 6.07) is 26.3. The third-order valence-corrected chi connectivity index (χ3v) is 8.92. The zero-order chi connectivity index (χ0) is 28.8. The highest BCUT2D eigenvalue weighted by Gasteiger charge is 2.30. The molecule has 4 aromatic rings. The van der Waals surface area contributed by atoms with E-state index in [4.69, 9.17) is 9.47 Å². The van der Waals surface area contributed by atoms with E-state index >= 15 is 0 Å². The quantitative estimate of drug-likeness (QED) is 0.269. The van der Waals surface area contributed by atoms with Gasteiger partial charge in [-0.05, 0) is 60.7 Å². The molecule has 10 nitrogen and oxygen atoms in total. The van der Waals surface area contributed by atoms with Gasteiger partial charge in [0, 0.05) is 17.4 Å². The summed E-state index contributed by atoms with van der Waals surface area (Å²) >= 11 is 0. The van der Waals surface area contributed by atoms with E-state index in [1.807, 2.05) is 0 Å². The molecule has 208 valence electrons. The third-order valence-electron chi connectivity index (χ3n) is 5.75. The molecule has 12 heteroatoms. The number of carbonyl (C=O) groups excluding carboxylic acids is 1. The second kappa shape index (κ2) is 12.1. The van der Waals surface area contributed by atoms with E-state index < -0.39 is 32.5 Å². The molecule has 4 aromatic carbocycles. The summed E-state index contributed by atoms with van der Waals surface area (Å²) < 4.78 is 66.8. The van der Waals surface area contributed by atoms with Crippen LogP contribution in [-0.4, -0.2) is 43.5 Å². The normalized spacial score (nSPS) is 11.3. The van der Waals surface area contributed by atoms with Crippen LogP contribution in [-0.2, 0) is 24.8 Å². The summed E-state index contributed by atoms with van der Waals surface area (Å²) in [4.78, 5) is 13.1. The number of nitrogens with zero attached hydrogens (tertiary/aromatic N) is 1. The fraction of sp³-hybridized carbons (Fsp3) is 0.107. The SMILES string of the molecule is COc1ccc(OC)c(N(CC(=O)Nc2ccc(S(=O)(=O)Nc3ccccc3)cc2)S(=O)(=O)c2ccccc2)c1. The van der Waals surface area contributed by atoms with Crippen LogP contribution in [0.2, 0.25) is 0 Å². The average Bonchev–Trinajstić information content (AvgIpc) is 2.96. The fourth-order valence-corrected chi connectivity index (χ4v) is 6.28. The Morgan fingerprint density at radius 2 is 1.35 bits per heavy atom. The Morgan fingerprint density at radius 3 is 1.95 bits per heavy atom. The first-order valence-electron chi connectivity index (χ1n) is 11.9. The molecule has 0 bridgehead atoms. The number of amides is 1. The van der Waals surface area contributed by atoms with Crippen molar-refractivity contribution in [2.45, 2.75) is 9.79 Å². The van der Waals surface area contributed by atoms with Crippen molar-refractivity contribution in [3.05, 3.63) is 103 Å². The maximum absolute atomic E-state index is 13.7. The number of carbonyl (C=O) groups is 1. The van der Waals surface area contributed by atoms with Gasteiger partial charge in [0.05, 0.1) is 29.7 Å². The number of hydrogen-bond acceptors (Lipinski definition) is 7. The maximum Gasteiger partial charge on any atom is 0.264 e. The van der Waals surface area contributed by atoms with Crippen molar-refractivity contribution in [1.82, 2.24) is 0 Å². The highest BCUT2D eigenvalue weighted by atomic mass is 32.2. The molecule has 0 saturated carbocycles. The zero-order valence-electron chi connectivity index (χ0n) is 21.6. The summed E-state index contributed by atoms with van der Waals surface area (Å²) in [5.74, 6) is -0.0821. The molecule has 0 atom stereocenters. The highest BCUT2D eigenvalue weighted by Crippen LogP contribution is 2.35. The molecule has 0 radical (unpaired) electrons. The molecule has 0 heterocycles. The van der Waals surface area contributed by atoms with Crippen LogP contribution in [0.15, 0.2) is 113 Å². The van der Waals surface area contributed by atoms with Crippen LogP contribution in [0.1, 0.15) is 0 Å². The maximum atomic E-state index is 13.7. The van der Waals surface area contributed by atoms with E-state index in [2.05, 4.69) is 10.0 Å². The number of sulfonamides is 2. The summed E-state index contributed by atoms with van der Waals surface area (Å²) in [5, 5.41) is 2.63. The smallest absolute Gasteiger partial charge is 0.264 e. The van der Waals surface area contributed by atoms with Gasteiger partial charge in [0.1, 0.15) is 18.0 Å². The molecule has 0 spiro atoms. The monoisotopic (exact) mass is 581 g/mol. The Hall–Kier alpha value is -4.55. The van der Waals surface area contributed by atoms with E-state index in [1.54, 1.807) is 60.7 Å². The van der Waals surface area contributed by atoms with Gasteiger partial charge in [0.15, 0.2) is 0 Å². The molecular formula is C28H27N3O7S2. The van der Waals surface area contributed by atoms with Gasteiger partial charge < -0.3 is 14.8 Å². The van der Waals surface area contributed by atoms with Crippen LogP contribution >= 0.6 is 0 Å². The topological polar surface area (TPSA) is 131 Å². The lowest BCUT2D eigenvalue weighted by atomic mass is 10.2. The minimum atomic E-state index is -4.21. The minimum absolute atomic E-state index is 0.0104. The molecule has 0 saturated heterocycles. The molecule has 0 aromatic heterocycles. The Bertz CT molecular complexity index is 1680. The van der Waals surface area contributed by atoms with Gasteiger partial charge in [-0.1, -0.05) is 36.4 Å². The Balaban J connectivity index is 1.59. The van der Waals surface area contributed by atoms with Crippen molar-refractivity contribution >= 4 is 43.0 Å². The van der Waals surface area contributed by atoms with E-state index in [1.165, 1.54) is 56.7 Å². The standard InChI is InChI=1S/C28H27N3O7S2/c1-37-23-15-18-27(38-2)26(19-23)31(40(35,36)25-11-7-4-8-12-25)20-28(32)29-21-13-16-24(17-14-21)39(33,34)30-22-9-5-3-6-10-22/h3-19,30H,20H2,1-2H3,(H,29,32). The lowest BCUT2D eigenvalue weighted by Crippen LogP contribution is -2.38. The second-order valence-electron chi connectivity index (χ2n) is 8.41. The van der Waals surface area contributed by atoms with E-state index in [9.17, 15) is 21.6 Å². The van der Waals surface area contributed by atoms with Crippen molar-refractivity contribution in [3.8, 4) is 11.5 Å². The van der Waals surface area contributed by atoms with Crippen LogP contribution in [0.3, 0.4) is 0 Å². The van der Waals surface area contributed by atoms with Crippen molar-refractivity contribution in [2.75, 3.05) is 35.1 Å². The molecule has 0 aliphatic heterocycles. The molecule has 4 rings (SSSR count). The van der Waals surface area contributed by atoms with Gasteiger partial charge in [-0.25, -0.2) is 16.8 Å². The highest BCUT2D eigenvalue weighted by molar-refractivity contribution is 7.93. The second-order valence-corrected chi connectivity index (χ2v) is 12.0. The number of hydrogen-bond donors (Lipinski definition) is 2. The lowest BCUT2D eigenvalue weighted by molar-refractivity contribution is -0.114. The zero-order valence-corrected chi connectivity index (χ0v) is 23.3. The number of methoxy groups -OCH3 is 2. The number of benzene rings is 4. The number of ether oxygens (including phenoxy) is 2. The van der Waals surface area contributed by atoms with Crippen molar-refractivity contribution < 1.29 is 31.1 Å². The van der Waals surface area contributed by atoms with Crippen LogP contribution in [0.5, 0.6) is 11.5 Å². The van der Waals surface area contributed by atoms with E-state index in [0.717, 1.165) is 4.31 Å². The van der Waals surface area contributed by atoms with Crippen LogP contribution in [0.4, 0.5) is 17.1 Å². The Kier molecular flexibility index (Phi) is 8.61. The molecule has 0 aliphatic carbocycles. The predicted octanol–water partition coefficient (Wildman–Crippen LogP) is 4.34. The average molecular weight is 582 g/mol.